The zero-order valence-corrected chi connectivity index (χ0v) is 10.2. The Morgan fingerprint density at radius 3 is 2.61 bits per heavy atom. The van der Waals surface area contributed by atoms with E-state index in [1.54, 1.807) is 0 Å². The number of nitrogens with one attached hydrogen (secondary N) is 1. The maximum Gasteiger partial charge on any atom is 0.330 e. The highest BCUT2D eigenvalue weighted by Gasteiger charge is 2.40. The van der Waals surface area contributed by atoms with Gasteiger partial charge >= 0.3 is 12.3 Å². The average Bonchev–Trinajstić information content (AvgIpc) is 2.25. The molecule has 102 valence electrons. The van der Waals surface area contributed by atoms with Crippen LogP contribution >= 0.6 is 15.9 Å². The van der Waals surface area contributed by atoms with Crippen molar-refractivity contribution in [3.05, 3.63) is 20.7 Å². The van der Waals surface area contributed by atoms with Crippen molar-refractivity contribution in [3.63, 3.8) is 0 Å². The predicted octanol–water partition coefficient (Wildman–Crippen LogP) is 1.65. The van der Waals surface area contributed by atoms with Gasteiger partial charge < -0.3 is 14.8 Å². The molecule has 0 saturated heterocycles. The van der Waals surface area contributed by atoms with Crippen molar-refractivity contribution in [2.45, 2.75) is 19.0 Å². The van der Waals surface area contributed by atoms with Crippen LogP contribution in [0, 0.1) is 0 Å². The highest BCUT2D eigenvalue weighted by atomic mass is 79.9. The molecule has 1 aromatic heterocycles. The summed E-state index contributed by atoms with van der Waals surface area (Å²) in [5.41, 5.74) is -0.748. The molecule has 0 amide bonds. The average molecular weight is 335 g/mol. The number of rotatable bonds is 5. The molecule has 0 unspecified atom stereocenters. The summed E-state index contributed by atoms with van der Waals surface area (Å²) in [5, 5.41) is 9.13. The second kappa shape index (κ2) is 5.65. The lowest BCUT2D eigenvalue weighted by molar-refractivity contribution is -0.168. The standard InChI is InChI=1S/C8H7BrF4N2O3/c9-4-5(16)14-3(15-6(4)17)1-18-2-8(12,13)7(10)11/h7H,1-2H2,(H2,14,15,16,17). The number of ether oxygens (including phenoxy) is 1. The van der Waals surface area contributed by atoms with Crippen LogP contribution in [0.2, 0.25) is 0 Å². The number of nitrogens with zero attached hydrogens (tertiary/aromatic N) is 1. The van der Waals surface area contributed by atoms with Gasteiger partial charge in [-0.05, 0) is 15.9 Å². The summed E-state index contributed by atoms with van der Waals surface area (Å²) < 4.78 is 52.5. The van der Waals surface area contributed by atoms with E-state index in [2.05, 4.69) is 30.6 Å². The first kappa shape index (κ1) is 14.9. The van der Waals surface area contributed by atoms with Gasteiger partial charge in [-0.3, -0.25) is 4.79 Å². The van der Waals surface area contributed by atoms with Crippen molar-refractivity contribution in [1.29, 1.82) is 0 Å². The van der Waals surface area contributed by atoms with Gasteiger partial charge in [0.1, 0.15) is 23.5 Å². The van der Waals surface area contributed by atoms with Crippen LogP contribution in [0.5, 0.6) is 5.88 Å². The zero-order valence-electron chi connectivity index (χ0n) is 8.59. The van der Waals surface area contributed by atoms with E-state index in [0.717, 1.165) is 0 Å². The largest absolute Gasteiger partial charge is 0.492 e. The minimum atomic E-state index is -4.28. The quantitative estimate of drug-likeness (QED) is 0.803. The smallest absolute Gasteiger partial charge is 0.330 e. The second-order valence-corrected chi connectivity index (χ2v) is 4.00. The molecule has 0 spiro atoms. The second-order valence-electron chi connectivity index (χ2n) is 3.20. The first-order valence-corrected chi connectivity index (χ1v) is 5.24. The number of aromatic hydroxyl groups is 1. The Hall–Kier alpha value is -1.16. The van der Waals surface area contributed by atoms with E-state index in [1.165, 1.54) is 0 Å². The fourth-order valence-electron chi connectivity index (χ4n) is 0.907. The van der Waals surface area contributed by atoms with E-state index in [0.29, 0.717) is 0 Å². The lowest BCUT2D eigenvalue weighted by Gasteiger charge is -2.14. The fraction of sp³-hybridized carbons (Fsp3) is 0.500. The van der Waals surface area contributed by atoms with Gasteiger partial charge in [0.15, 0.2) is 0 Å². The van der Waals surface area contributed by atoms with Crippen molar-refractivity contribution in [2.75, 3.05) is 6.61 Å². The number of halogens is 5. The molecular weight excluding hydrogens is 328 g/mol. The first-order chi connectivity index (χ1) is 8.24. The molecule has 10 heteroatoms. The Morgan fingerprint density at radius 2 is 2.11 bits per heavy atom. The first-order valence-electron chi connectivity index (χ1n) is 4.45. The van der Waals surface area contributed by atoms with Gasteiger partial charge in [-0.1, -0.05) is 0 Å². The summed E-state index contributed by atoms with van der Waals surface area (Å²) in [5.74, 6) is -5.19. The number of aromatic nitrogens is 2. The SMILES string of the molecule is O=c1[nH]c(COCC(F)(F)C(F)F)nc(O)c1Br. The molecule has 1 aromatic rings. The monoisotopic (exact) mass is 334 g/mol. The molecular formula is C8H7BrF4N2O3. The fourth-order valence-corrected chi connectivity index (χ4v) is 1.10. The molecule has 0 radical (unpaired) electrons. The van der Waals surface area contributed by atoms with Gasteiger partial charge in [0.05, 0.1) is 0 Å². The summed E-state index contributed by atoms with van der Waals surface area (Å²) in [6, 6.07) is 0. The normalized spacial score (nSPS) is 12.1. The van der Waals surface area contributed by atoms with Crippen molar-refractivity contribution < 1.29 is 27.4 Å². The van der Waals surface area contributed by atoms with Gasteiger partial charge in [0.2, 0.25) is 5.88 Å². The van der Waals surface area contributed by atoms with Gasteiger partial charge in [0.25, 0.3) is 5.56 Å². The Balaban J connectivity index is 2.63. The summed E-state index contributed by atoms with van der Waals surface area (Å²) >= 11 is 2.72. The highest BCUT2D eigenvalue weighted by molar-refractivity contribution is 9.10. The molecule has 0 saturated carbocycles. The Morgan fingerprint density at radius 1 is 1.50 bits per heavy atom. The van der Waals surface area contributed by atoms with Gasteiger partial charge in [-0.25, -0.2) is 8.78 Å². The van der Waals surface area contributed by atoms with Gasteiger partial charge in [-0.2, -0.15) is 13.8 Å². The van der Waals surface area contributed by atoms with Crippen LogP contribution in [0.15, 0.2) is 9.27 Å². The van der Waals surface area contributed by atoms with Crippen LogP contribution in [-0.2, 0) is 11.3 Å². The third kappa shape index (κ3) is 3.67. The van der Waals surface area contributed by atoms with Crippen LogP contribution in [0.1, 0.15) is 5.82 Å². The summed E-state index contributed by atoms with van der Waals surface area (Å²) in [4.78, 5) is 16.6. The Labute approximate surface area is 106 Å². The Kier molecular flexibility index (Phi) is 4.68. The van der Waals surface area contributed by atoms with E-state index in [-0.39, 0.29) is 10.3 Å². The molecule has 0 aliphatic carbocycles. The molecule has 0 atom stereocenters. The third-order valence-electron chi connectivity index (χ3n) is 1.75. The van der Waals surface area contributed by atoms with Crippen molar-refractivity contribution >= 4 is 15.9 Å². The van der Waals surface area contributed by atoms with Crippen LogP contribution in [0.25, 0.3) is 0 Å². The predicted molar refractivity (Wildman–Crippen MR) is 54.8 cm³/mol. The van der Waals surface area contributed by atoms with E-state index in [4.69, 9.17) is 5.11 Å². The number of H-pyrrole nitrogens is 1. The van der Waals surface area contributed by atoms with Crippen LogP contribution in [0.4, 0.5) is 17.6 Å². The topological polar surface area (TPSA) is 75.2 Å². The van der Waals surface area contributed by atoms with Gasteiger partial charge in [0, 0.05) is 0 Å². The van der Waals surface area contributed by atoms with Crippen LogP contribution in [-0.4, -0.2) is 34.0 Å². The zero-order chi connectivity index (χ0) is 13.9. The molecule has 0 aliphatic heterocycles. The van der Waals surface area contributed by atoms with Gasteiger partial charge in [-0.15, -0.1) is 0 Å². The Bertz CT molecular complexity index is 480. The molecule has 0 aliphatic rings. The van der Waals surface area contributed by atoms with E-state index >= 15 is 0 Å². The lowest BCUT2D eigenvalue weighted by atomic mass is 10.4. The van der Waals surface area contributed by atoms with Crippen molar-refractivity contribution in [2.24, 2.45) is 0 Å². The highest BCUT2D eigenvalue weighted by Crippen LogP contribution is 2.23. The maximum atomic E-state index is 12.4. The number of hydrogen-bond acceptors (Lipinski definition) is 4. The van der Waals surface area contributed by atoms with Crippen molar-refractivity contribution in [3.8, 4) is 5.88 Å². The molecule has 0 aromatic carbocycles. The van der Waals surface area contributed by atoms with Crippen molar-refractivity contribution in [1.82, 2.24) is 9.97 Å². The van der Waals surface area contributed by atoms with Crippen LogP contribution in [0.3, 0.4) is 0 Å². The molecule has 5 nitrogen and oxygen atoms in total. The number of hydrogen-bond donors (Lipinski definition) is 2. The molecule has 18 heavy (non-hydrogen) atoms. The minimum Gasteiger partial charge on any atom is -0.492 e. The van der Waals surface area contributed by atoms with E-state index < -0.39 is 37.0 Å². The summed E-state index contributed by atoms with van der Waals surface area (Å²) in [7, 11) is 0. The minimum absolute atomic E-state index is 0.232. The number of aromatic amines is 1. The maximum absolute atomic E-state index is 12.4. The molecule has 2 N–H and O–H groups in total. The number of alkyl halides is 4. The molecule has 1 heterocycles. The summed E-state index contributed by atoms with van der Waals surface area (Å²) in [6.45, 7) is -2.16. The lowest BCUT2D eigenvalue weighted by Crippen LogP contribution is -2.32. The third-order valence-corrected chi connectivity index (χ3v) is 2.46. The molecule has 0 bridgehead atoms. The van der Waals surface area contributed by atoms with E-state index in [9.17, 15) is 22.4 Å². The van der Waals surface area contributed by atoms with E-state index in [1.807, 2.05) is 0 Å². The van der Waals surface area contributed by atoms with Crippen LogP contribution < -0.4 is 5.56 Å². The summed E-state index contributed by atoms with van der Waals surface area (Å²) in [6.07, 6.45) is -3.84. The molecule has 0 fully saturated rings. The molecule has 1 rings (SSSR count).